The van der Waals surface area contributed by atoms with Gasteiger partial charge in [0.2, 0.25) is 0 Å². The third-order valence-corrected chi connectivity index (χ3v) is 92.9. The topological polar surface area (TPSA) is 137 Å². The number of rotatable bonds is 24. The van der Waals surface area contributed by atoms with Crippen LogP contribution in [0.25, 0.3) is 19.6 Å². The molecule has 0 N–H and O–H groups in total. The van der Waals surface area contributed by atoms with E-state index >= 15 is 0 Å². The van der Waals surface area contributed by atoms with E-state index in [2.05, 4.69) is 236 Å². The smallest absolute Gasteiger partial charge is 0.200 e. The highest BCUT2D eigenvalue weighted by Gasteiger charge is 2.52. The van der Waals surface area contributed by atoms with E-state index in [1.165, 1.54) is 18.0 Å². The number of thiophene rings is 4. The Kier molecular flexibility index (Phi) is 22.2. The number of allylic oxidation sites excluding steroid dienone is 8. The number of hydrogen-bond donors (Lipinski definition) is 0. The van der Waals surface area contributed by atoms with Gasteiger partial charge in [0.25, 0.3) is 0 Å². The summed E-state index contributed by atoms with van der Waals surface area (Å²) >= 11 is 6.76. The van der Waals surface area contributed by atoms with Crippen molar-refractivity contribution in [3.8, 4) is 0 Å². The van der Waals surface area contributed by atoms with Crippen LogP contribution in [0.5, 0.6) is 0 Å². The lowest BCUT2D eigenvalue weighted by Gasteiger charge is -2.40. The summed E-state index contributed by atoms with van der Waals surface area (Å²) in [5.74, 6) is 0. The minimum absolute atomic E-state index is 0.143. The molecule has 0 bridgehead atoms. The second kappa shape index (κ2) is 26.5. The molecule has 4 aromatic rings. The number of hydrogen-bond acceptors (Lipinski definition) is 12. The lowest BCUT2D eigenvalue weighted by molar-refractivity contribution is 0.610. The zero-order valence-corrected chi connectivity index (χ0v) is 79.5. The summed E-state index contributed by atoms with van der Waals surface area (Å²) in [6.45, 7) is 63.4. The van der Waals surface area contributed by atoms with E-state index < -0.39 is 112 Å². The van der Waals surface area contributed by atoms with Gasteiger partial charge in [0.05, 0.1) is 60.0 Å². The third-order valence-electron chi connectivity index (χ3n) is 25.0. The molecular weight excluding hydrogens is 1500 g/mol. The van der Waals surface area contributed by atoms with Crippen LogP contribution in [0.1, 0.15) is 103 Å². The molecule has 4 aromatic heterocycles. The molecule has 536 valence electrons. The Morgan fingerprint density at radius 3 is 0.577 bits per heavy atom. The maximum absolute atomic E-state index is 14.6. The van der Waals surface area contributed by atoms with E-state index in [1.807, 2.05) is 48.6 Å². The molecule has 0 amide bonds. The largest absolute Gasteiger partial charge is 0.219 e. The van der Waals surface area contributed by atoms with Crippen molar-refractivity contribution in [3.63, 3.8) is 0 Å². The molecule has 97 heavy (non-hydrogen) atoms. The summed E-state index contributed by atoms with van der Waals surface area (Å²) in [5.41, 5.74) is 0. The summed E-state index contributed by atoms with van der Waals surface area (Å²) in [7, 11) is -35.7. The van der Waals surface area contributed by atoms with Gasteiger partial charge in [-0.3, -0.25) is 0 Å². The molecule has 8 rings (SSSR count). The van der Waals surface area contributed by atoms with Crippen LogP contribution in [0.3, 0.4) is 0 Å². The first-order valence-electron chi connectivity index (χ1n) is 34.7. The number of sulfone groups is 4. The molecule has 0 saturated heterocycles. The minimum atomic E-state index is -3.66. The fourth-order valence-corrected chi connectivity index (χ4v) is 72.8. The normalized spacial score (nSPS) is 19.2. The van der Waals surface area contributed by atoms with E-state index in [0.29, 0.717) is 37.7 Å². The molecule has 0 saturated carbocycles. The monoisotopic (exact) mass is 1620 g/mol. The van der Waals surface area contributed by atoms with E-state index in [0.717, 1.165) is 67.9 Å². The molecule has 0 atom stereocenters. The first-order chi connectivity index (χ1) is 43.6. The Labute approximate surface area is 613 Å². The fraction of sp³-hybridized carbons (Fsp3) is 0.556. The quantitative estimate of drug-likeness (QED) is 0.0633. The average molecular weight is 1620 g/mol. The molecule has 0 radical (unpaired) electrons. The van der Waals surface area contributed by atoms with Crippen LogP contribution < -0.4 is 18.0 Å². The summed E-state index contributed by atoms with van der Waals surface area (Å²) in [4.78, 5) is 5.05. The molecule has 8 nitrogen and oxygen atoms in total. The zero-order valence-electron chi connectivity index (χ0n) is 63.9. The highest BCUT2D eigenvalue weighted by molar-refractivity contribution is 8.08. The highest BCUT2D eigenvalue weighted by atomic mass is 32.2. The molecule has 0 unspecified atom stereocenters. The molecule has 25 heteroatoms. The predicted octanol–water partition coefficient (Wildman–Crippen LogP) is 20.9. The SMILES string of the molecule is CC(C)(C)[Si](C)(C)C1=CC=C(c2ccc([Si](C)(C)CC[Si](CC[Si](C)(C)c3ccc(C4=CC=C([Si](C)(C)C(C)(C)C)S4(=O)=O)s3)(CC[Si](C)(C)c3ccc(C4=CC=C([Si](C)(C)C(C)(C)C)S4(=O)=O)s3)CC[Si](C)(C)c3ccc(C4=CC=C([Si](C)(C)C(C)(C)C)S4(=O)=O)s3)s2)S1(=O)=O. The van der Waals surface area contributed by atoms with E-state index in [4.69, 9.17) is 0 Å². The Morgan fingerprint density at radius 1 is 0.258 bits per heavy atom. The second-order valence-corrected chi connectivity index (χ2v) is 97.6. The standard InChI is InChI=1S/C72H116O8S8Si9/c1-69(2,3)93(21,22)65-41-33-57(85(65,73)74)53-29-37-61(81-53)89(13,14)45-49-97(50-46-90(15,16)62-38-30-54(82-62)58-34-42-66(86(58,75)76)94(23,24)70(4,5)6,51-47-91(17,18)63-39-31-55(83-63)59-35-43-67(87(59,77)78)95(25,26)71(7,8)9)52-48-92(19,20)64-40-32-56(84-64)60-36-44-68(88(60,79)80)96(27,28)72(10,11)12/h29-44H,45-52H2,1-28H3. The maximum Gasteiger partial charge on any atom is 0.200 e. The van der Waals surface area contributed by atoms with Crippen molar-refractivity contribution in [1.82, 2.24) is 0 Å². The lowest BCUT2D eigenvalue weighted by atomic mass is 10.2. The molecular formula is C72H116O8S8Si9. The van der Waals surface area contributed by atoms with Crippen LogP contribution in [0, 0.1) is 0 Å². The third kappa shape index (κ3) is 15.2. The Balaban J connectivity index is 1.19. The van der Waals surface area contributed by atoms with E-state index in [1.54, 1.807) is 45.3 Å². The van der Waals surface area contributed by atoms with Crippen molar-refractivity contribution in [2.75, 3.05) is 0 Å². The van der Waals surface area contributed by atoms with Gasteiger partial charge < -0.3 is 0 Å². The van der Waals surface area contributed by atoms with Crippen molar-refractivity contribution >= 4 is 195 Å². The van der Waals surface area contributed by atoms with Crippen LogP contribution in [-0.2, 0) is 39.3 Å². The second-order valence-electron chi connectivity index (χ2n) is 37.5. The maximum atomic E-state index is 14.6. The van der Waals surface area contributed by atoms with Crippen molar-refractivity contribution in [2.45, 2.75) is 256 Å². The van der Waals surface area contributed by atoms with Gasteiger partial charge in [-0.2, -0.15) is 0 Å². The van der Waals surface area contributed by atoms with Gasteiger partial charge in [-0.05, 0) is 86.7 Å². The predicted molar refractivity (Wildman–Crippen MR) is 459 cm³/mol. The summed E-state index contributed by atoms with van der Waals surface area (Å²) < 4.78 is 125. The van der Waals surface area contributed by atoms with Crippen molar-refractivity contribution < 1.29 is 33.7 Å². The molecule has 8 heterocycles. The van der Waals surface area contributed by atoms with Gasteiger partial charge in [-0.1, -0.05) is 285 Å². The summed E-state index contributed by atoms with van der Waals surface area (Å²) in [6.07, 6.45) is 15.1. The van der Waals surface area contributed by atoms with Crippen molar-refractivity contribution in [3.05, 3.63) is 135 Å². The van der Waals surface area contributed by atoms with Crippen LogP contribution >= 0.6 is 45.3 Å². The Hall–Kier alpha value is -1.53. The first kappa shape index (κ1) is 81.1. The minimum Gasteiger partial charge on any atom is -0.219 e. The molecule has 0 fully saturated rings. The lowest BCUT2D eigenvalue weighted by Crippen LogP contribution is -2.49. The fourth-order valence-electron chi connectivity index (χ4n) is 13.2. The zero-order chi connectivity index (χ0) is 73.5. The van der Waals surface area contributed by atoms with Gasteiger partial charge in [-0.25, -0.2) is 33.7 Å². The van der Waals surface area contributed by atoms with Crippen LogP contribution in [0.15, 0.2) is 115 Å². The average Bonchev–Trinajstić information content (AvgIpc) is 1.63. The Morgan fingerprint density at radius 2 is 0.423 bits per heavy atom. The highest BCUT2D eigenvalue weighted by Crippen LogP contribution is 2.53. The summed E-state index contributed by atoms with van der Waals surface area (Å²) in [5, 5.41) is -0.571. The van der Waals surface area contributed by atoms with Crippen molar-refractivity contribution in [1.29, 1.82) is 0 Å². The molecule has 0 spiro atoms. The molecule has 4 aliphatic rings. The van der Waals surface area contributed by atoms with Gasteiger partial charge in [-0.15, -0.1) is 45.3 Å². The van der Waals surface area contributed by atoms with Gasteiger partial charge in [0.1, 0.15) is 32.3 Å². The molecule has 0 aromatic carbocycles. The molecule has 4 aliphatic heterocycles. The molecule has 0 aliphatic carbocycles. The van der Waals surface area contributed by atoms with E-state index in [9.17, 15) is 33.7 Å². The van der Waals surface area contributed by atoms with Crippen LogP contribution in [0.4, 0.5) is 0 Å². The first-order valence-corrected chi connectivity index (χ1v) is 71.6. The van der Waals surface area contributed by atoms with E-state index in [-0.39, 0.29) is 20.2 Å². The van der Waals surface area contributed by atoms with Crippen molar-refractivity contribution in [2.24, 2.45) is 0 Å². The van der Waals surface area contributed by atoms with Gasteiger partial charge >= 0.3 is 0 Å². The van der Waals surface area contributed by atoms with Gasteiger partial charge in [0.15, 0.2) is 39.3 Å². The Bertz CT molecular complexity index is 3940. The van der Waals surface area contributed by atoms with Gasteiger partial charge in [0, 0.05) is 37.6 Å². The summed E-state index contributed by atoms with van der Waals surface area (Å²) in [6, 6.07) is 26.0. The van der Waals surface area contributed by atoms with Crippen LogP contribution in [0.2, 0.25) is 173 Å². The van der Waals surface area contributed by atoms with Crippen LogP contribution in [-0.4, -0.2) is 106 Å².